The zero-order chi connectivity index (χ0) is 26.2. The van der Waals surface area contributed by atoms with Crippen LogP contribution < -0.4 is 21.6 Å². The van der Waals surface area contributed by atoms with E-state index in [0.29, 0.717) is 18.0 Å². The molecule has 0 fully saturated rings. The minimum atomic E-state index is -4.50. The van der Waals surface area contributed by atoms with Gasteiger partial charge in [-0.25, -0.2) is 0 Å². The van der Waals surface area contributed by atoms with E-state index in [9.17, 15) is 27.9 Å². The Morgan fingerprint density at radius 1 is 1.11 bits per heavy atom. The summed E-state index contributed by atoms with van der Waals surface area (Å²) < 4.78 is 43.2. The number of carbonyl (C=O) groups is 2. The number of hydrogen-bond acceptors (Lipinski definition) is 8. The standard InChI is InChI=1S/C21H25F3N6O4S/c1-26-16(12-4-6-13(7-5-12)21(22,23)24)17(31)18(25)30(2)29-28-20(33)15-9-8-14(35-15)19(32)27-10-11-34-3/h4-9,25-26,29,31H,10-11H2,1-3H3,(H,27,32)(H,28,33)/b17-16+,25-18?. The van der Waals surface area contributed by atoms with E-state index >= 15 is 0 Å². The molecule has 0 saturated carbocycles. The second-order valence-corrected chi connectivity index (χ2v) is 8.02. The lowest BCUT2D eigenvalue weighted by molar-refractivity contribution is -0.137. The Labute approximate surface area is 203 Å². The average Bonchev–Trinajstić information content (AvgIpc) is 3.32. The normalized spacial score (nSPS) is 11.9. The molecule has 0 radical (unpaired) electrons. The highest BCUT2D eigenvalue weighted by Gasteiger charge is 2.30. The number of likely N-dealkylation sites (N-methyl/N-ethyl adjacent to an activating group) is 1. The van der Waals surface area contributed by atoms with Crippen LogP contribution in [0.15, 0.2) is 42.2 Å². The van der Waals surface area contributed by atoms with Gasteiger partial charge in [0.15, 0.2) is 11.6 Å². The van der Waals surface area contributed by atoms with Gasteiger partial charge in [-0.2, -0.15) is 13.2 Å². The summed E-state index contributed by atoms with van der Waals surface area (Å²) in [6.45, 7) is 0.670. The fourth-order valence-electron chi connectivity index (χ4n) is 2.69. The van der Waals surface area contributed by atoms with E-state index in [1.54, 1.807) is 0 Å². The van der Waals surface area contributed by atoms with Crippen molar-refractivity contribution in [2.24, 2.45) is 0 Å². The maximum atomic E-state index is 12.8. The van der Waals surface area contributed by atoms with Crippen LogP contribution in [-0.4, -0.2) is 62.1 Å². The molecule has 0 unspecified atom stereocenters. The van der Waals surface area contributed by atoms with Gasteiger partial charge >= 0.3 is 6.18 Å². The van der Waals surface area contributed by atoms with Crippen molar-refractivity contribution in [1.29, 1.82) is 5.41 Å². The number of aliphatic hydroxyl groups is 1. The van der Waals surface area contributed by atoms with Crippen LogP contribution in [0.2, 0.25) is 0 Å². The van der Waals surface area contributed by atoms with Crippen molar-refractivity contribution in [3.63, 3.8) is 0 Å². The zero-order valence-corrected chi connectivity index (χ0v) is 19.9. The number of aliphatic hydroxyl groups excluding tert-OH is 1. The number of ether oxygens (including phenoxy) is 1. The highest BCUT2D eigenvalue weighted by molar-refractivity contribution is 7.15. The van der Waals surface area contributed by atoms with Crippen LogP contribution in [-0.2, 0) is 10.9 Å². The van der Waals surface area contributed by atoms with Gasteiger partial charge in [-0.3, -0.25) is 25.4 Å². The Balaban J connectivity index is 2.02. The third-order valence-electron chi connectivity index (χ3n) is 4.53. The van der Waals surface area contributed by atoms with Crippen LogP contribution in [0.4, 0.5) is 13.2 Å². The number of methoxy groups -OCH3 is 1. The van der Waals surface area contributed by atoms with Crippen LogP contribution >= 0.6 is 11.3 Å². The van der Waals surface area contributed by atoms with E-state index < -0.39 is 29.2 Å². The summed E-state index contributed by atoms with van der Waals surface area (Å²) in [5, 5.41) is 24.9. The van der Waals surface area contributed by atoms with Crippen molar-refractivity contribution in [3.8, 4) is 0 Å². The van der Waals surface area contributed by atoms with E-state index in [-0.39, 0.29) is 22.0 Å². The van der Waals surface area contributed by atoms with Crippen molar-refractivity contribution >= 4 is 34.7 Å². The van der Waals surface area contributed by atoms with Gasteiger partial charge in [-0.1, -0.05) is 12.1 Å². The molecule has 1 aromatic carbocycles. The Morgan fingerprint density at radius 2 is 1.71 bits per heavy atom. The van der Waals surface area contributed by atoms with E-state index in [1.807, 2.05) is 0 Å². The summed E-state index contributed by atoms with van der Waals surface area (Å²) in [7, 11) is 4.28. The highest BCUT2D eigenvalue weighted by atomic mass is 32.1. The van der Waals surface area contributed by atoms with E-state index in [2.05, 4.69) is 21.6 Å². The number of nitrogens with one attached hydrogen (secondary N) is 5. The zero-order valence-electron chi connectivity index (χ0n) is 19.0. The molecule has 10 nitrogen and oxygen atoms in total. The van der Waals surface area contributed by atoms with Crippen LogP contribution in [0, 0.1) is 5.41 Å². The molecule has 190 valence electrons. The number of rotatable bonds is 10. The number of carbonyl (C=O) groups excluding carboxylic acids is 2. The Bertz CT molecular complexity index is 1090. The lowest BCUT2D eigenvalue weighted by Crippen LogP contribution is -2.50. The first-order valence-corrected chi connectivity index (χ1v) is 10.9. The average molecular weight is 515 g/mol. The lowest BCUT2D eigenvalue weighted by atomic mass is 10.1. The van der Waals surface area contributed by atoms with Gasteiger partial charge in [0, 0.05) is 33.3 Å². The molecule has 14 heteroatoms. The summed E-state index contributed by atoms with van der Waals surface area (Å²) in [4.78, 5) is 24.9. The van der Waals surface area contributed by atoms with Gasteiger partial charge in [-0.05, 0) is 24.3 Å². The second kappa shape index (κ2) is 12.2. The molecule has 0 spiro atoms. The number of benzene rings is 1. The monoisotopic (exact) mass is 514 g/mol. The molecule has 2 rings (SSSR count). The topological polar surface area (TPSA) is 139 Å². The van der Waals surface area contributed by atoms with Crippen LogP contribution in [0.1, 0.15) is 30.5 Å². The first-order valence-electron chi connectivity index (χ1n) is 10.0. The molecule has 1 heterocycles. The quantitative estimate of drug-likeness (QED) is 0.0941. The largest absolute Gasteiger partial charge is 0.503 e. The van der Waals surface area contributed by atoms with Gasteiger partial charge in [0.1, 0.15) is 0 Å². The summed E-state index contributed by atoms with van der Waals surface area (Å²) in [5.41, 5.74) is 4.14. The number of alkyl halides is 3. The molecule has 1 aromatic heterocycles. The van der Waals surface area contributed by atoms with Crippen LogP contribution in [0.3, 0.4) is 0 Å². The van der Waals surface area contributed by atoms with Gasteiger partial charge < -0.3 is 20.5 Å². The number of nitrogens with zero attached hydrogens (tertiary/aromatic N) is 1. The Morgan fingerprint density at radius 3 is 2.26 bits per heavy atom. The number of thiophene rings is 1. The molecule has 0 aliphatic heterocycles. The van der Waals surface area contributed by atoms with Gasteiger partial charge in [0.25, 0.3) is 11.8 Å². The number of hydrogen-bond donors (Lipinski definition) is 6. The molecular formula is C21H25F3N6O4S. The number of halogens is 3. The second-order valence-electron chi connectivity index (χ2n) is 6.93. The molecule has 0 bridgehead atoms. The summed E-state index contributed by atoms with van der Waals surface area (Å²) >= 11 is 0.956. The number of hydrazine groups is 2. The molecule has 2 aromatic rings. The Hall–Kier alpha value is -3.62. The minimum absolute atomic E-state index is 0.00563. The maximum Gasteiger partial charge on any atom is 0.416 e. The molecular weight excluding hydrogens is 489 g/mol. The summed E-state index contributed by atoms with van der Waals surface area (Å²) in [6.07, 6.45) is -4.50. The minimum Gasteiger partial charge on any atom is -0.503 e. The van der Waals surface area contributed by atoms with Crippen molar-refractivity contribution in [1.82, 2.24) is 26.6 Å². The van der Waals surface area contributed by atoms with Crippen LogP contribution in [0.25, 0.3) is 5.70 Å². The maximum absolute atomic E-state index is 12.8. The third kappa shape index (κ3) is 7.43. The molecule has 0 saturated heterocycles. The summed E-state index contributed by atoms with van der Waals surface area (Å²) in [5.74, 6) is -2.01. The molecule has 0 aliphatic carbocycles. The highest BCUT2D eigenvalue weighted by Crippen LogP contribution is 2.30. The number of amides is 2. The van der Waals surface area contributed by atoms with Crippen molar-refractivity contribution in [2.75, 3.05) is 34.4 Å². The SMILES string of the molecule is CN/C(=C(/O)C(=N)N(C)NNC(=O)c1ccc(C(=O)NCCOC)s1)c1ccc(C(F)(F)F)cc1. The summed E-state index contributed by atoms with van der Waals surface area (Å²) in [6, 6.07) is 6.99. The Kier molecular flexibility index (Phi) is 9.62. The molecule has 2 amide bonds. The van der Waals surface area contributed by atoms with Gasteiger partial charge in [0.05, 0.1) is 27.6 Å². The van der Waals surface area contributed by atoms with Gasteiger partial charge in [0.2, 0.25) is 0 Å². The van der Waals surface area contributed by atoms with Crippen molar-refractivity contribution < 1.29 is 32.6 Å². The smallest absolute Gasteiger partial charge is 0.416 e. The predicted molar refractivity (Wildman–Crippen MR) is 125 cm³/mol. The first-order chi connectivity index (χ1) is 16.5. The van der Waals surface area contributed by atoms with E-state index in [0.717, 1.165) is 40.6 Å². The molecule has 0 atom stereocenters. The van der Waals surface area contributed by atoms with Crippen molar-refractivity contribution in [2.45, 2.75) is 6.18 Å². The van der Waals surface area contributed by atoms with Crippen molar-refractivity contribution in [3.05, 3.63) is 63.0 Å². The molecule has 6 N–H and O–H groups in total. The number of amidine groups is 1. The van der Waals surface area contributed by atoms with E-state index in [1.165, 1.54) is 33.3 Å². The predicted octanol–water partition coefficient (Wildman–Crippen LogP) is 2.35. The van der Waals surface area contributed by atoms with E-state index in [4.69, 9.17) is 10.1 Å². The first kappa shape index (κ1) is 27.6. The third-order valence-corrected chi connectivity index (χ3v) is 5.61. The van der Waals surface area contributed by atoms with Crippen LogP contribution in [0.5, 0.6) is 0 Å². The molecule has 0 aliphatic rings. The molecule has 35 heavy (non-hydrogen) atoms. The van der Waals surface area contributed by atoms with Gasteiger partial charge in [-0.15, -0.1) is 16.9 Å². The fourth-order valence-corrected chi connectivity index (χ4v) is 3.51. The lowest BCUT2D eigenvalue weighted by Gasteiger charge is -2.22. The fraction of sp³-hybridized carbons (Fsp3) is 0.286.